The highest BCUT2D eigenvalue weighted by molar-refractivity contribution is 8.27. The third-order valence-corrected chi connectivity index (χ3v) is 7.09. The van der Waals surface area contributed by atoms with Gasteiger partial charge in [0.1, 0.15) is 0 Å². The molecule has 3 aliphatic heterocycles. The Morgan fingerprint density at radius 3 is 2.39 bits per heavy atom. The molecule has 0 radical (unpaired) electrons. The van der Waals surface area contributed by atoms with Crippen LogP contribution in [-0.4, -0.2) is 54.0 Å². The molecule has 3 aliphatic rings. The summed E-state index contributed by atoms with van der Waals surface area (Å²) in [7, 11) is 0. The second kappa shape index (κ2) is 8.20. The molecule has 0 unspecified atom stereocenters. The van der Waals surface area contributed by atoms with Crippen molar-refractivity contribution in [3.8, 4) is 0 Å². The van der Waals surface area contributed by atoms with Crippen molar-refractivity contribution in [1.29, 1.82) is 0 Å². The molecule has 5 rings (SSSR count). The fourth-order valence-electron chi connectivity index (χ4n) is 4.12. The lowest BCUT2D eigenvalue weighted by Crippen LogP contribution is -2.45. The van der Waals surface area contributed by atoms with Crippen LogP contribution in [0.25, 0.3) is 5.57 Å². The largest absolute Gasteiger partial charge is 0.379 e. The molecule has 0 atom stereocenters. The van der Waals surface area contributed by atoms with Crippen molar-refractivity contribution in [3.05, 3.63) is 64.6 Å². The lowest BCUT2D eigenvalue weighted by Gasteiger charge is -2.30. The van der Waals surface area contributed by atoms with Crippen LogP contribution in [0.2, 0.25) is 0 Å². The van der Waals surface area contributed by atoms with E-state index in [4.69, 9.17) is 17.0 Å². The molecule has 0 bridgehead atoms. The van der Waals surface area contributed by atoms with Gasteiger partial charge >= 0.3 is 0 Å². The van der Waals surface area contributed by atoms with Crippen molar-refractivity contribution >= 4 is 57.1 Å². The molecule has 0 saturated carbocycles. The van der Waals surface area contributed by atoms with Crippen molar-refractivity contribution in [2.24, 2.45) is 0 Å². The first kappa shape index (κ1) is 20.4. The number of anilines is 2. The highest BCUT2D eigenvalue weighted by Crippen LogP contribution is 2.45. The van der Waals surface area contributed by atoms with E-state index in [0.29, 0.717) is 34.7 Å². The summed E-state index contributed by atoms with van der Waals surface area (Å²) in [5.74, 6) is -0.395. The first-order chi connectivity index (χ1) is 15.1. The molecule has 0 spiro atoms. The molecular weight excluding hydrogens is 430 g/mol. The zero-order chi connectivity index (χ0) is 21.5. The Labute approximate surface area is 190 Å². The number of para-hydroxylation sites is 2. The van der Waals surface area contributed by atoms with Crippen LogP contribution in [-0.2, 0) is 14.3 Å². The number of hydrogen-bond donors (Lipinski definition) is 0. The maximum atomic E-state index is 13.6. The minimum absolute atomic E-state index is 0.155. The summed E-state index contributed by atoms with van der Waals surface area (Å²) in [6.07, 6.45) is 0. The Hall–Kier alpha value is -2.52. The van der Waals surface area contributed by atoms with Gasteiger partial charge in [-0.15, -0.1) is 0 Å². The van der Waals surface area contributed by atoms with Crippen LogP contribution in [0.15, 0.2) is 53.4 Å². The van der Waals surface area contributed by atoms with Crippen molar-refractivity contribution in [3.63, 3.8) is 0 Å². The van der Waals surface area contributed by atoms with Gasteiger partial charge in [0.2, 0.25) is 0 Å². The summed E-state index contributed by atoms with van der Waals surface area (Å²) >= 11 is 6.76. The fourth-order valence-corrected chi connectivity index (χ4v) is 5.48. The molecule has 0 aliphatic carbocycles. The second-order valence-electron chi connectivity index (χ2n) is 7.62. The van der Waals surface area contributed by atoms with E-state index >= 15 is 0 Å². The maximum absolute atomic E-state index is 13.6. The highest BCUT2D eigenvalue weighted by Gasteiger charge is 2.43. The molecule has 6 nitrogen and oxygen atoms in total. The number of amides is 2. The van der Waals surface area contributed by atoms with Gasteiger partial charge in [-0.2, -0.15) is 0 Å². The molecular formula is C23H21N3O3S2. The summed E-state index contributed by atoms with van der Waals surface area (Å²) < 4.78 is 5.87. The predicted molar refractivity (Wildman–Crippen MR) is 127 cm³/mol. The first-order valence-corrected chi connectivity index (χ1v) is 11.4. The van der Waals surface area contributed by atoms with Gasteiger partial charge in [0, 0.05) is 18.7 Å². The molecule has 2 saturated heterocycles. The van der Waals surface area contributed by atoms with Gasteiger partial charge in [0.15, 0.2) is 4.32 Å². The smallest absolute Gasteiger partial charge is 0.271 e. The van der Waals surface area contributed by atoms with E-state index in [9.17, 15) is 9.59 Å². The number of hydrogen-bond acceptors (Lipinski definition) is 6. The molecule has 0 aromatic heterocycles. The average molecular weight is 452 g/mol. The van der Waals surface area contributed by atoms with Gasteiger partial charge in [-0.05, 0) is 24.6 Å². The summed E-state index contributed by atoms with van der Waals surface area (Å²) in [4.78, 5) is 32.9. The number of fused-ring (bicyclic) bond motifs is 1. The number of aryl methyl sites for hydroxylation is 1. The Bertz CT molecular complexity index is 1120. The Morgan fingerprint density at radius 1 is 0.968 bits per heavy atom. The average Bonchev–Trinajstić information content (AvgIpc) is 3.22. The van der Waals surface area contributed by atoms with Gasteiger partial charge in [-0.1, -0.05) is 60.4 Å². The third-order valence-electron chi connectivity index (χ3n) is 5.72. The molecule has 2 amide bonds. The summed E-state index contributed by atoms with van der Waals surface area (Å²) in [6.45, 7) is 5.28. The molecule has 2 fully saturated rings. The summed E-state index contributed by atoms with van der Waals surface area (Å²) in [5.41, 5.74) is 3.76. The zero-order valence-electron chi connectivity index (χ0n) is 17.0. The van der Waals surface area contributed by atoms with Crippen LogP contribution >= 0.6 is 24.0 Å². The number of morpholine rings is 1. The van der Waals surface area contributed by atoms with Crippen molar-refractivity contribution in [2.45, 2.75) is 6.92 Å². The lowest BCUT2D eigenvalue weighted by molar-refractivity contribution is -0.115. The van der Waals surface area contributed by atoms with Gasteiger partial charge in [-0.3, -0.25) is 24.3 Å². The van der Waals surface area contributed by atoms with Crippen LogP contribution in [0, 0.1) is 6.92 Å². The Kier molecular flexibility index (Phi) is 5.39. The summed E-state index contributed by atoms with van der Waals surface area (Å²) in [6, 6.07) is 15.3. The molecule has 2 aromatic rings. The quantitative estimate of drug-likeness (QED) is 0.527. The van der Waals surface area contributed by atoms with E-state index in [2.05, 4.69) is 4.90 Å². The number of thioether (sulfide) groups is 1. The van der Waals surface area contributed by atoms with E-state index in [0.717, 1.165) is 35.6 Å². The van der Waals surface area contributed by atoms with E-state index in [1.807, 2.05) is 55.5 Å². The predicted octanol–water partition coefficient (Wildman–Crippen LogP) is 3.41. The van der Waals surface area contributed by atoms with Crippen molar-refractivity contribution in [1.82, 2.24) is 4.90 Å². The van der Waals surface area contributed by atoms with E-state index in [-0.39, 0.29) is 11.8 Å². The number of nitrogens with zero attached hydrogens (tertiary/aromatic N) is 3. The van der Waals surface area contributed by atoms with Gasteiger partial charge < -0.3 is 4.74 Å². The number of ether oxygens (including phenoxy) is 1. The van der Waals surface area contributed by atoms with Crippen molar-refractivity contribution < 1.29 is 14.3 Å². The Morgan fingerprint density at radius 2 is 1.65 bits per heavy atom. The van der Waals surface area contributed by atoms with Crippen LogP contribution in [0.4, 0.5) is 11.4 Å². The number of carbonyl (C=O) groups excluding carboxylic acids is 2. The first-order valence-electron chi connectivity index (χ1n) is 10.1. The van der Waals surface area contributed by atoms with Crippen LogP contribution in [0.3, 0.4) is 0 Å². The third kappa shape index (κ3) is 3.49. The minimum atomic E-state index is -0.240. The van der Waals surface area contributed by atoms with E-state index in [1.54, 1.807) is 4.90 Å². The maximum Gasteiger partial charge on any atom is 0.271 e. The number of thiocarbonyl (C=S) groups is 1. The topological polar surface area (TPSA) is 53.1 Å². The molecule has 3 heterocycles. The Balaban J connectivity index is 1.55. The van der Waals surface area contributed by atoms with Gasteiger partial charge in [0.05, 0.1) is 41.7 Å². The molecule has 31 heavy (non-hydrogen) atoms. The number of benzene rings is 2. The number of rotatable bonds is 3. The SMILES string of the molecule is Cc1ccccc1N1C(=O)/C(=C2/C(=O)N(CN3CCOCC3)c3ccccc32)SC1=S. The lowest BCUT2D eigenvalue weighted by atomic mass is 10.1. The van der Waals surface area contributed by atoms with Crippen LogP contribution in [0.5, 0.6) is 0 Å². The summed E-state index contributed by atoms with van der Waals surface area (Å²) in [5, 5.41) is 0. The van der Waals surface area contributed by atoms with E-state index in [1.165, 1.54) is 16.7 Å². The standard InChI is InChI=1S/C23H21N3O3S2/c1-15-6-2-4-8-17(15)26-22(28)20(31-23(26)30)19-16-7-3-5-9-18(16)25(21(19)27)14-24-10-12-29-13-11-24/h2-9H,10-14H2,1H3/b20-19-. The zero-order valence-corrected chi connectivity index (χ0v) is 18.7. The molecule has 8 heteroatoms. The van der Waals surface area contributed by atoms with Crippen LogP contribution in [0.1, 0.15) is 11.1 Å². The van der Waals surface area contributed by atoms with Gasteiger partial charge in [0.25, 0.3) is 11.8 Å². The second-order valence-corrected chi connectivity index (χ2v) is 9.27. The van der Waals surface area contributed by atoms with Crippen molar-refractivity contribution in [2.75, 3.05) is 42.8 Å². The van der Waals surface area contributed by atoms with Crippen LogP contribution < -0.4 is 9.80 Å². The normalized spacial score (nSPS) is 21.9. The molecule has 0 N–H and O–H groups in total. The molecule has 158 valence electrons. The number of carbonyl (C=O) groups is 2. The van der Waals surface area contributed by atoms with E-state index < -0.39 is 0 Å². The monoisotopic (exact) mass is 451 g/mol. The highest BCUT2D eigenvalue weighted by atomic mass is 32.2. The minimum Gasteiger partial charge on any atom is -0.379 e. The van der Waals surface area contributed by atoms with Gasteiger partial charge in [-0.25, -0.2) is 0 Å². The fraction of sp³-hybridized carbons (Fsp3) is 0.261. The molecule has 2 aromatic carbocycles.